The van der Waals surface area contributed by atoms with Crippen LogP contribution in [0.1, 0.15) is 33.9 Å². The fourth-order valence-electron chi connectivity index (χ4n) is 7.27. The van der Waals surface area contributed by atoms with Crippen molar-refractivity contribution in [1.29, 1.82) is 0 Å². The summed E-state index contributed by atoms with van der Waals surface area (Å²) in [5, 5.41) is 24.5. The minimum Gasteiger partial charge on any atom is -0.504 e. The van der Waals surface area contributed by atoms with Crippen molar-refractivity contribution in [2.45, 2.75) is 39.3 Å². The third-order valence-electron chi connectivity index (χ3n) is 9.89. The molecule has 0 aliphatic carbocycles. The molecule has 0 atom stereocenters. The summed E-state index contributed by atoms with van der Waals surface area (Å²) in [5.41, 5.74) is 8.71. The Morgan fingerprint density at radius 3 is 1.29 bits per heavy atom. The van der Waals surface area contributed by atoms with Crippen LogP contribution in [0.15, 0.2) is 109 Å². The molecule has 9 rings (SSSR count). The number of methoxy groups -OCH3 is 2. The van der Waals surface area contributed by atoms with E-state index < -0.39 is 0 Å². The molecule has 0 saturated carbocycles. The summed E-state index contributed by atoms with van der Waals surface area (Å²) in [4.78, 5) is 24.5. The Kier molecular flexibility index (Phi) is 9.78. The summed E-state index contributed by atoms with van der Waals surface area (Å²) in [6.45, 7) is 2.95. The zero-order chi connectivity index (χ0) is 38.2. The summed E-state index contributed by atoms with van der Waals surface area (Å²) in [7, 11) is 3.14. The first-order valence-corrected chi connectivity index (χ1v) is 19.9. The van der Waals surface area contributed by atoms with Crippen LogP contribution >= 0.6 is 22.7 Å². The fourth-order valence-corrected chi connectivity index (χ4v) is 9.17. The predicted octanol–water partition coefficient (Wildman–Crippen LogP) is 9.18. The number of nitrogens with zero attached hydrogens (tertiary/aromatic N) is 6. The molecule has 0 radical (unpaired) electrons. The maximum atomic E-state index is 11.4. The molecular weight excluding hydrogens is 741 g/mol. The summed E-state index contributed by atoms with van der Waals surface area (Å²) in [6, 6.07) is 36.1. The predicted molar refractivity (Wildman–Crippen MR) is 221 cm³/mol. The number of pyridine rings is 2. The summed E-state index contributed by atoms with van der Waals surface area (Å²) < 4.78 is 13.5. The molecule has 12 heteroatoms. The topological polar surface area (TPSA) is 117 Å². The highest BCUT2D eigenvalue weighted by molar-refractivity contribution is 7.22. The molecule has 5 heterocycles. The molecule has 1 aliphatic rings. The molecule has 4 bridgehead atoms. The molecule has 0 unspecified atom stereocenters. The third-order valence-corrected chi connectivity index (χ3v) is 12.1. The Morgan fingerprint density at radius 1 is 0.518 bits per heavy atom. The molecule has 4 aromatic carbocycles. The lowest BCUT2D eigenvalue weighted by molar-refractivity contribution is 0.224. The van der Waals surface area contributed by atoms with Gasteiger partial charge in [0, 0.05) is 61.5 Å². The number of benzene rings is 4. The van der Waals surface area contributed by atoms with Gasteiger partial charge in [0.1, 0.15) is 10.0 Å². The zero-order valence-corrected chi connectivity index (χ0v) is 32.5. The number of hydrogen-bond acceptors (Lipinski definition) is 12. The van der Waals surface area contributed by atoms with Crippen LogP contribution in [0.4, 0.5) is 0 Å². The van der Waals surface area contributed by atoms with E-state index in [0.29, 0.717) is 50.8 Å². The van der Waals surface area contributed by atoms with Gasteiger partial charge in [-0.05, 0) is 72.8 Å². The van der Waals surface area contributed by atoms with Gasteiger partial charge in [-0.3, -0.25) is 19.8 Å². The van der Waals surface area contributed by atoms with Gasteiger partial charge in [-0.15, -0.1) is 22.7 Å². The Labute approximate surface area is 331 Å². The van der Waals surface area contributed by atoms with E-state index in [-0.39, 0.29) is 11.5 Å². The highest BCUT2D eigenvalue weighted by atomic mass is 32.1. The van der Waals surface area contributed by atoms with Gasteiger partial charge in [0.05, 0.1) is 57.4 Å². The first-order chi connectivity index (χ1) is 27.4. The third kappa shape index (κ3) is 7.39. The molecule has 0 spiro atoms. The lowest BCUT2D eigenvalue weighted by Crippen LogP contribution is -2.27. The number of phenols is 2. The van der Waals surface area contributed by atoms with Crippen molar-refractivity contribution in [3.8, 4) is 44.1 Å². The summed E-state index contributed by atoms with van der Waals surface area (Å²) in [5.74, 6) is 1.02. The smallest absolute Gasteiger partial charge is 0.162 e. The number of phenolic OH excluding ortho intramolecular Hbond substituents is 2. The second-order valence-corrected chi connectivity index (χ2v) is 15.9. The SMILES string of the molecule is COc1cc(-c2nc3ccccc3s2)cc(CN2Cc3cccc(n3)CN(Cc3cc(-c4nc5ccccc5s4)cc(OC)c3O)Cc3cccc(n3)C2)c1O. The van der Waals surface area contributed by atoms with E-state index in [1.165, 1.54) is 0 Å². The van der Waals surface area contributed by atoms with Crippen LogP contribution < -0.4 is 9.47 Å². The maximum Gasteiger partial charge on any atom is 0.162 e. The van der Waals surface area contributed by atoms with Crippen LogP contribution in [0.5, 0.6) is 23.0 Å². The lowest BCUT2D eigenvalue weighted by atomic mass is 10.1. The van der Waals surface area contributed by atoms with Gasteiger partial charge in [-0.2, -0.15) is 0 Å². The molecule has 56 heavy (non-hydrogen) atoms. The largest absolute Gasteiger partial charge is 0.504 e. The quantitative estimate of drug-likeness (QED) is 0.155. The van der Waals surface area contributed by atoms with Crippen molar-refractivity contribution in [3.63, 3.8) is 0 Å². The van der Waals surface area contributed by atoms with E-state index in [1.54, 1.807) is 36.9 Å². The van der Waals surface area contributed by atoms with Gasteiger partial charge in [-0.25, -0.2) is 9.97 Å². The number of aromatic nitrogens is 4. The van der Waals surface area contributed by atoms with Gasteiger partial charge in [0.15, 0.2) is 23.0 Å². The van der Waals surface area contributed by atoms with Crippen molar-refractivity contribution in [2.75, 3.05) is 14.2 Å². The number of thiazole rings is 2. The number of ether oxygens (including phenoxy) is 2. The number of para-hydroxylation sites is 2. The van der Waals surface area contributed by atoms with Crippen LogP contribution in [0, 0.1) is 0 Å². The fraction of sp³-hybridized carbons (Fsp3) is 0.182. The highest BCUT2D eigenvalue weighted by Crippen LogP contribution is 2.41. The Balaban J connectivity index is 1.03. The van der Waals surface area contributed by atoms with Gasteiger partial charge >= 0.3 is 0 Å². The van der Waals surface area contributed by atoms with Crippen molar-refractivity contribution >= 4 is 43.1 Å². The standard InChI is InChI=1S/C44H38N6O4S2/c1-53-37-19-27(43-47-35-13-3-5-15-39(35)55-43)17-29(41(37)51)21-49-23-31-9-7-11-33(45-31)25-50(26-34-12-8-10-32(24-49)46-34)22-30-18-28(20-38(54-2)42(30)52)44-48-36-14-4-6-16-40(36)56-44/h3-20,51-52H,21-26H2,1-2H3. The molecule has 0 amide bonds. The average molecular weight is 779 g/mol. The molecule has 2 N–H and O–H groups in total. The molecule has 4 aromatic heterocycles. The maximum absolute atomic E-state index is 11.4. The Bertz CT molecular complexity index is 2420. The van der Waals surface area contributed by atoms with Gasteiger partial charge in [0.25, 0.3) is 0 Å². The van der Waals surface area contributed by atoms with E-state index in [0.717, 1.165) is 75.5 Å². The summed E-state index contributed by atoms with van der Waals surface area (Å²) >= 11 is 3.23. The van der Waals surface area contributed by atoms with Crippen LogP contribution in [-0.4, -0.2) is 54.2 Å². The van der Waals surface area contributed by atoms with Crippen LogP contribution in [0.3, 0.4) is 0 Å². The van der Waals surface area contributed by atoms with Crippen molar-refractivity contribution < 1.29 is 19.7 Å². The minimum atomic E-state index is 0.106. The van der Waals surface area contributed by atoms with E-state index in [4.69, 9.17) is 29.4 Å². The highest BCUT2D eigenvalue weighted by Gasteiger charge is 2.22. The van der Waals surface area contributed by atoms with E-state index >= 15 is 0 Å². The van der Waals surface area contributed by atoms with E-state index in [1.807, 2.05) is 97.1 Å². The summed E-state index contributed by atoms with van der Waals surface area (Å²) in [6.07, 6.45) is 0. The second-order valence-electron chi connectivity index (χ2n) is 13.9. The van der Waals surface area contributed by atoms with Gasteiger partial charge in [-0.1, -0.05) is 36.4 Å². The van der Waals surface area contributed by atoms with Crippen molar-refractivity contribution in [2.24, 2.45) is 0 Å². The van der Waals surface area contributed by atoms with Crippen LogP contribution in [-0.2, 0) is 39.3 Å². The number of rotatable bonds is 8. The normalized spacial score (nSPS) is 13.8. The molecule has 280 valence electrons. The van der Waals surface area contributed by atoms with Gasteiger partial charge < -0.3 is 19.7 Å². The monoisotopic (exact) mass is 778 g/mol. The molecule has 0 fully saturated rings. The molecule has 0 saturated heterocycles. The van der Waals surface area contributed by atoms with Crippen molar-refractivity contribution in [3.05, 3.63) is 143 Å². The van der Waals surface area contributed by atoms with Crippen LogP contribution in [0.2, 0.25) is 0 Å². The van der Waals surface area contributed by atoms with Crippen LogP contribution in [0.25, 0.3) is 41.6 Å². The Morgan fingerprint density at radius 2 is 0.911 bits per heavy atom. The lowest BCUT2D eigenvalue weighted by Gasteiger charge is -2.26. The molecular formula is C44H38N6O4S2. The van der Waals surface area contributed by atoms with Crippen molar-refractivity contribution in [1.82, 2.24) is 29.7 Å². The van der Waals surface area contributed by atoms with Gasteiger partial charge in [0.2, 0.25) is 0 Å². The Hall–Kier alpha value is -5.92. The second kappa shape index (κ2) is 15.3. The van der Waals surface area contributed by atoms with E-state index in [9.17, 15) is 10.2 Å². The number of aromatic hydroxyl groups is 2. The molecule has 1 aliphatic heterocycles. The zero-order valence-electron chi connectivity index (χ0n) is 30.8. The number of hydrogen-bond donors (Lipinski definition) is 2. The average Bonchev–Trinajstić information content (AvgIpc) is 3.85. The molecule has 10 nitrogen and oxygen atoms in total. The number of fused-ring (bicyclic) bond motifs is 6. The minimum absolute atomic E-state index is 0.106. The molecule has 8 aromatic rings. The first-order valence-electron chi connectivity index (χ1n) is 18.2. The van der Waals surface area contributed by atoms with E-state index in [2.05, 4.69) is 21.9 Å². The first kappa shape index (κ1) is 35.8.